The molecule has 1 aromatic heterocycles. The zero-order valence-corrected chi connectivity index (χ0v) is 20.6. The zero-order valence-electron chi connectivity index (χ0n) is 20.6. The standard InChI is InChI=1S/C27H30F3N3O3/c1-15(19-5-4-6-21(25(19)28)27(3,29)30)31-26-20-13-23(35-12-11-34-17-7-8-17)24(36-18-9-10-18)14-22(20)32-16(2)33-26/h4-6,13-15,17-18H,7-12H2,1-3H3,(H,31,32,33)/t15-/m1/s1. The van der Waals surface area contributed by atoms with E-state index in [1.807, 2.05) is 12.1 Å². The number of hydrogen-bond acceptors (Lipinski definition) is 6. The maximum Gasteiger partial charge on any atom is 0.273 e. The number of aryl methyl sites for hydroxylation is 1. The monoisotopic (exact) mass is 501 g/mol. The molecule has 0 radical (unpaired) electrons. The lowest BCUT2D eigenvalue weighted by Crippen LogP contribution is -2.16. The van der Waals surface area contributed by atoms with Gasteiger partial charge in [0.25, 0.3) is 5.92 Å². The average Bonchev–Trinajstić information content (AvgIpc) is 3.72. The van der Waals surface area contributed by atoms with E-state index in [1.54, 1.807) is 13.8 Å². The van der Waals surface area contributed by atoms with Crippen LogP contribution in [0, 0.1) is 12.7 Å². The van der Waals surface area contributed by atoms with E-state index in [-0.39, 0.29) is 11.7 Å². The summed E-state index contributed by atoms with van der Waals surface area (Å²) in [6, 6.07) is 7.04. The molecule has 2 saturated carbocycles. The number of fused-ring (bicyclic) bond motifs is 1. The minimum atomic E-state index is -3.29. The van der Waals surface area contributed by atoms with E-state index < -0.39 is 23.3 Å². The van der Waals surface area contributed by atoms with Crippen molar-refractivity contribution in [3.63, 3.8) is 0 Å². The van der Waals surface area contributed by atoms with Crippen molar-refractivity contribution in [2.45, 2.75) is 70.6 Å². The van der Waals surface area contributed by atoms with Crippen LogP contribution in [-0.2, 0) is 10.7 Å². The Kier molecular flexibility index (Phi) is 6.68. The molecule has 192 valence electrons. The van der Waals surface area contributed by atoms with Gasteiger partial charge in [0.05, 0.1) is 35.9 Å². The predicted octanol–water partition coefficient (Wildman–Crippen LogP) is 6.46. The number of ether oxygens (including phenoxy) is 3. The van der Waals surface area contributed by atoms with Crippen LogP contribution in [-0.4, -0.2) is 35.4 Å². The van der Waals surface area contributed by atoms with Gasteiger partial charge in [-0.15, -0.1) is 0 Å². The highest BCUT2D eigenvalue weighted by Crippen LogP contribution is 2.39. The fourth-order valence-electron chi connectivity index (χ4n) is 4.04. The van der Waals surface area contributed by atoms with Gasteiger partial charge in [-0.25, -0.2) is 23.1 Å². The van der Waals surface area contributed by atoms with Gasteiger partial charge < -0.3 is 19.5 Å². The van der Waals surface area contributed by atoms with Crippen molar-refractivity contribution in [1.82, 2.24) is 9.97 Å². The second-order valence-corrected chi connectivity index (χ2v) is 9.63. The molecular formula is C27H30F3N3O3. The van der Waals surface area contributed by atoms with Crippen LogP contribution >= 0.6 is 0 Å². The van der Waals surface area contributed by atoms with Crippen LogP contribution in [0.1, 0.15) is 62.5 Å². The molecule has 36 heavy (non-hydrogen) atoms. The minimum absolute atomic E-state index is 0.126. The van der Waals surface area contributed by atoms with Crippen molar-refractivity contribution in [2.24, 2.45) is 0 Å². The Morgan fingerprint density at radius 2 is 1.81 bits per heavy atom. The quantitative estimate of drug-likeness (QED) is 0.304. The Morgan fingerprint density at radius 1 is 1.06 bits per heavy atom. The van der Waals surface area contributed by atoms with E-state index in [2.05, 4.69) is 15.3 Å². The Bertz CT molecular complexity index is 1260. The summed E-state index contributed by atoms with van der Waals surface area (Å²) in [6.07, 6.45) is 4.69. The zero-order chi connectivity index (χ0) is 25.4. The Balaban J connectivity index is 1.45. The molecule has 3 aromatic rings. The van der Waals surface area contributed by atoms with Crippen LogP contribution in [0.3, 0.4) is 0 Å². The fourth-order valence-corrected chi connectivity index (χ4v) is 4.04. The summed E-state index contributed by atoms with van der Waals surface area (Å²) in [6.45, 7) is 5.01. The normalized spacial score (nSPS) is 16.7. The maximum absolute atomic E-state index is 15.0. The first kappa shape index (κ1) is 24.6. The SMILES string of the molecule is Cc1nc(N[C@H](C)c2cccc(C(C)(F)F)c2F)c2cc(OCCOC3CC3)c(OC3CC3)cc2n1. The molecule has 0 spiro atoms. The third-order valence-corrected chi connectivity index (χ3v) is 6.23. The van der Waals surface area contributed by atoms with Crippen LogP contribution in [0.15, 0.2) is 30.3 Å². The highest BCUT2D eigenvalue weighted by molar-refractivity contribution is 5.92. The van der Waals surface area contributed by atoms with Crippen LogP contribution in [0.2, 0.25) is 0 Å². The van der Waals surface area contributed by atoms with Crippen molar-refractivity contribution in [3.8, 4) is 11.5 Å². The largest absolute Gasteiger partial charge is 0.487 e. The Hall–Kier alpha value is -3.07. The fraction of sp³-hybridized carbons (Fsp3) is 0.481. The van der Waals surface area contributed by atoms with Crippen molar-refractivity contribution in [3.05, 3.63) is 53.1 Å². The first-order chi connectivity index (χ1) is 17.2. The molecule has 2 fully saturated rings. The highest BCUT2D eigenvalue weighted by Gasteiger charge is 2.30. The number of halogens is 3. The molecule has 0 bridgehead atoms. The topological polar surface area (TPSA) is 65.5 Å². The maximum atomic E-state index is 15.0. The van der Waals surface area contributed by atoms with Crippen LogP contribution in [0.4, 0.5) is 19.0 Å². The van der Waals surface area contributed by atoms with Gasteiger partial charge in [0, 0.05) is 23.9 Å². The van der Waals surface area contributed by atoms with E-state index >= 15 is 0 Å². The molecule has 2 aliphatic carbocycles. The number of nitrogens with zero attached hydrogens (tertiary/aromatic N) is 2. The third kappa shape index (κ3) is 5.67. The molecular weight excluding hydrogens is 471 g/mol. The number of hydrogen-bond donors (Lipinski definition) is 1. The van der Waals surface area contributed by atoms with Gasteiger partial charge in [-0.1, -0.05) is 18.2 Å². The number of nitrogens with one attached hydrogen (secondary N) is 1. The lowest BCUT2D eigenvalue weighted by Gasteiger charge is -2.21. The molecule has 9 heteroatoms. The van der Waals surface area contributed by atoms with Crippen molar-refractivity contribution >= 4 is 16.7 Å². The van der Waals surface area contributed by atoms with Crippen LogP contribution in [0.5, 0.6) is 11.5 Å². The molecule has 2 aliphatic rings. The second kappa shape index (κ2) is 9.76. The number of rotatable bonds is 11. The summed E-state index contributed by atoms with van der Waals surface area (Å²) in [5.41, 5.74) is 0.132. The smallest absolute Gasteiger partial charge is 0.273 e. The van der Waals surface area contributed by atoms with Crippen LogP contribution in [0.25, 0.3) is 10.9 Å². The number of aromatic nitrogens is 2. The summed E-state index contributed by atoms with van der Waals surface area (Å²) in [5, 5.41) is 3.85. The lowest BCUT2D eigenvalue weighted by molar-refractivity contribution is 0.0136. The molecule has 0 saturated heterocycles. The molecule has 6 nitrogen and oxygen atoms in total. The van der Waals surface area contributed by atoms with Gasteiger partial charge in [0.2, 0.25) is 0 Å². The van der Waals surface area contributed by atoms with Gasteiger partial charge in [-0.05, 0) is 45.6 Å². The van der Waals surface area contributed by atoms with Gasteiger partial charge in [-0.3, -0.25) is 0 Å². The Labute approximate surface area is 208 Å². The summed E-state index contributed by atoms with van der Waals surface area (Å²) in [5.74, 6) is -2.09. The number of anilines is 1. The first-order valence-electron chi connectivity index (χ1n) is 12.4. The molecule has 1 N–H and O–H groups in total. The molecule has 0 aliphatic heterocycles. The van der Waals surface area contributed by atoms with Gasteiger partial charge in [0.15, 0.2) is 11.5 Å². The third-order valence-electron chi connectivity index (χ3n) is 6.23. The van der Waals surface area contributed by atoms with Crippen molar-refractivity contribution in [2.75, 3.05) is 18.5 Å². The van der Waals surface area contributed by atoms with E-state index in [9.17, 15) is 13.2 Å². The first-order valence-corrected chi connectivity index (χ1v) is 12.4. The van der Waals surface area contributed by atoms with Gasteiger partial charge >= 0.3 is 0 Å². The molecule has 5 rings (SSSR count). The summed E-state index contributed by atoms with van der Waals surface area (Å²) in [4.78, 5) is 9.08. The highest BCUT2D eigenvalue weighted by atomic mass is 19.3. The molecule has 1 atom stereocenters. The van der Waals surface area contributed by atoms with E-state index in [1.165, 1.54) is 12.1 Å². The van der Waals surface area contributed by atoms with Crippen LogP contribution < -0.4 is 14.8 Å². The van der Waals surface area contributed by atoms with Crippen molar-refractivity contribution in [1.29, 1.82) is 0 Å². The Morgan fingerprint density at radius 3 is 2.50 bits per heavy atom. The van der Waals surface area contributed by atoms with Crippen molar-refractivity contribution < 1.29 is 27.4 Å². The van der Waals surface area contributed by atoms with E-state index in [0.29, 0.717) is 60.3 Å². The second-order valence-electron chi connectivity index (χ2n) is 9.63. The summed E-state index contributed by atoms with van der Waals surface area (Å²) >= 11 is 0. The average molecular weight is 502 g/mol. The number of benzene rings is 2. The minimum Gasteiger partial charge on any atom is -0.487 e. The molecule has 2 aromatic carbocycles. The van der Waals surface area contributed by atoms with Gasteiger partial charge in [-0.2, -0.15) is 0 Å². The van der Waals surface area contributed by atoms with E-state index in [0.717, 1.165) is 31.7 Å². The van der Waals surface area contributed by atoms with Gasteiger partial charge in [0.1, 0.15) is 24.1 Å². The summed E-state index contributed by atoms with van der Waals surface area (Å²) < 4.78 is 60.5. The molecule has 0 amide bonds. The number of alkyl halides is 2. The van der Waals surface area contributed by atoms with E-state index in [4.69, 9.17) is 14.2 Å². The molecule has 0 unspecified atom stereocenters. The molecule has 1 heterocycles. The lowest BCUT2D eigenvalue weighted by atomic mass is 10.0. The predicted molar refractivity (Wildman–Crippen MR) is 130 cm³/mol. The summed E-state index contributed by atoms with van der Waals surface area (Å²) in [7, 11) is 0.